The minimum atomic E-state index is -0.286. The number of nitrogens with one attached hydrogen (secondary N) is 1. The molecule has 0 aromatic heterocycles. The molecule has 2 unspecified atom stereocenters. The third kappa shape index (κ3) is 1.85. The molecule has 1 N–H and O–H groups in total. The summed E-state index contributed by atoms with van der Waals surface area (Å²) in [6.07, 6.45) is 1.60. The number of hydrogen-bond donors (Lipinski definition) is 1. The molecule has 0 amide bonds. The Labute approximate surface area is 63.5 Å². The maximum Gasteiger partial charge on any atom is 0.137 e. The summed E-state index contributed by atoms with van der Waals surface area (Å²) in [6.45, 7) is 1.90. The van der Waals surface area contributed by atoms with E-state index in [4.69, 9.17) is 11.6 Å². The van der Waals surface area contributed by atoms with Crippen molar-refractivity contribution < 1.29 is 4.79 Å². The van der Waals surface area contributed by atoms with E-state index in [1.165, 1.54) is 11.9 Å². The highest BCUT2D eigenvalue weighted by Gasteiger charge is 2.33. The van der Waals surface area contributed by atoms with Crippen LogP contribution in [-0.2, 0) is 4.79 Å². The highest BCUT2D eigenvalue weighted by molar-refractivity contribution is 8.00. The Balaban J connectivity index is 2.47. The topological polar surface area (TPSA) is 29.1 Å². The van der Waals surface area contributed by atoms with Gasteiger partial charge in [-0.2, -0.15) is 0 Å². The predicted octanol–water partition coefficient (Wildman–Crippen LogP) is 1.15. The summed E-state index contributed by atoms with van der Waals surface area (Å²) >= 11 is 7.30. The number of hydrogen-bond acceptors (Lipinski definition) is 3. The minimum Gasteiger partial charge on any atom is -0.302 e. The van der Waals surface area contributed by atoms with Crippen molar-refractivity contribution in [2.45, 2.75) is 23.6 Å². The van der Waals surface area contributed by atoms with E-state index < -0.39 is 0 Å². The first-order valence-corrected chi connectivity index (χ1v) is 3.91. The molecule has 1 heterocycles. The maximum atomic E-state index is 10.2. The number of halogens is 1. The highest BCUT2D eigenvalue weighted by Crippen LogP contribution is 2.37. The second kappa shape index (κ2) is 2.48. The molecule has 0 spiro atoms. The second-order valence-corrected chi connectivity index (χ2v) is 4.67. The Morgan fingerprint density at radius 1 is 2.00 bits per heavy atom. The van der Waals surface area contributed by atoms with Crippen LogP contribution in [0.1, 0.15) is 13.3 Å². The van der Waals surface area contributed by atoms with E-state index in [2.05, 4.69) is 4.72 Å². The lowest BCUT2D eigenvalue weighted by atomic mass is 10.2. The van der Waals surface area contributed by atoms with Crippen LogP contribution in [0.25, 0.3) is 0 Å². The van der Waals surface area contributed by atoms with Crippen molar-refractivity contribution in [3.63, 3.8) is 0 Å². The highest BCUT2D eigenvalue weighted by atomic mass is 35.5. The summed E-state index contributed by atoms with van der Waals surface area (Å²) in [5.74, 6) is 0. The predicted molar refractivity (Wildman–Crippen MR) is 39.5 cm³/mol. The van der Waals surface area contributed by atoms with E-state index in [9.17, 15) is 4.79 Å². The molecule has 1 rings (SSSR count). The molecule has 52 valence electrons. The van der Waals surface area contributed by atoms with Crippen molar-refractivity contribution in [3.05, 3.63) is 0 Å². The zero-order valence-corrected chi connectivity index (χ0v) is 6.63. The molecule has 0 aliphatic carbocycles. The third-order valence-corrected chi connectivity index (χ3v) is 2.57. The van der Waals surface area contributed by atoms with Crippen molar-refractivity contribution in [1.29, 1.82) is 0 Å². The van der Waals surface area contributed by atoms with E-state index in [0.29, 0.717) is 6.42 Å². The minimum absolute atomic E-state index is 0.0579. The Hall–Kier alpha value is 0.270. The lowest BCUT2D eigenvalue weighted by Gasteiger charge is -2.08. The Morgan fingerprint density at radius 3 is 2.89 bits per heavy atom. The van der Waals surface area contributed by atoms with Crippen LogP contribution in [0.4, 0.5) is 0 Å². The van der Waals surface area contributed by atoms with Crippen molar-refractivity contribution in [2.75, 3.05) is 0 Å². The maximum absolute atomic E-state index is 10.2. The molecule has 9 heavy (non-hydrogen) atoms. The average Bonchev–Trinajstić information content (AvgIpc) is 2.10. The van der Waals surface area contributed by atoms with Gasteiger partial charge >= 0.3 is 0 Å². The summed E-state index contributed by atoms with van der Waals surface area (Å²) in [7, 11) is 0. The smallest absolute Gasteiger partial charge is 0.137 e. The zero-order valence-electron chi connectivity index (χ0n) is 5.06. The van der Waals surface area contributed by atoms with E-state index in [0.717, 1.165) is 6.29 Å². The largest absolute Gasteiger partial charge is 0.302 e. The molecule has 1 aliphatic heterocycles. The molecular formula is C5H8ClNOS. The average molecular weight is 166 g/mol. The van der Waals surface area contributed by atoms with Gasteiger partial charge < -0.3 is 4.79 Å². The van der Waals surface area contributed by atoms with Crippen molar-refractivity contribution in [3.8, 4) is 0 Å². The first-order chi connectivity index (χ1) is 4.14. The summed E-state index contributed by atoms with van der Waals surface area (Å²) < 4.78 is 2.63. The van der Waals surface area contributed by atoms with Gasteiger partial charge in [0.2, 0.25) is 0 Å². The lowest BCUT2D eigenvalue weighted by Crippen LogP contribution is -2.18. The second-order valence-electron chi connectivity index (χ2n) is 2.27. The van der Waals surface area contributed by atoms with E-state index in [1.54, 1.807) is 0 Å². The molecule has 4 heteroatoms. The van der Waals surface area contributed by atoms with Crippen LogP contribution in [0.15, 0.2) is 0 Å². The number of rotatable bonds is 1. The van der Waals surface area contributed by atoms with Gasteiger partial charge in [-0.1, -0.05) is 11.9 Å². The summed E-state index contributed by atoms with van der Waals surface area (Å²) in [4.78, 5) is 10.2. The molecule has 0 bridgehead atoms. The summed E-state index contributed by atoms with van der Waals surface area (Å²) in [5.41, 5.74) is 0. The molecule has 1 aliphatic rings. The van der Waals surface area contributed by atoms with Crippen molar-refractivity contribution in [2.24, 2.45) is 0 Å². The summed E-state index contributed by atoms with van der Waals surface area (Å²) in [5, 5.41) is 0. The normalized spacial score (nSPS) is 43.1. The Kier molecular flexibility index (Phi) is 2.03. The molecule has 1 fully saturated rings. The number of carbonyl (C=O) groups is 1. The van der Waals surface area contributed by atoms with Crippen LogP contribution in [0.3, 0.4) is 0 Å². The Morgan fingerprint density at radius 2 is 2.67 bits per heavy atom. The molecule has 0 saturated carbocycles. The SMILES string of the molecule is CC1(Cl)CC(C=O)NS1. The van der Waals surface area contributed by atoms with Gasteiger partial charge in [0.05, 0.1) is 6.04 Å². The van der Waals surface area contributed by atoms with Crippen LogP contribution < -0.4 is 4.72 Å². The van der Waals surface area contributed by atoms with Crippen LogP contribution in [0, 0.1) is 0 Å². The van der Waals surface area contributed by atoms with Crippen molar-refractivity contribution >= 4 is 29.8 Å². The molecular weight excluding hydrogens is 158 g/mol. The van der Waals surface area contributed by atoms with Gasteiger partial charge in [-0.15, -0.1) is 11.6 Å². The van der Waals surface area contributed by atoms with E-state index >= 15 is 0 Å². The van der Waals surface area contributed by atoms with Crippen LogP contribution in [0.2, 0.25) is 0 Å². The van der Waals surface area contributed by atoms with Gasteiger partial charge in [0.25, 0.3) is 0 Å². The number of aldehydes is 1. The monoisotopic (exact) mass is 165 g/mol. The molecule has 0 aromatic rings. The van der Waals surface area contributed by atoms with Crippen molar-refractivity contribution in [1.82, 2.24) is 4.72 Å². The van der Waals surface area contributed by atoms with E-state index in [1.807, 2.05) is 6.92 Å². The zero-order chi connectivity index (χ0) is 6.91. The van der Waals surface area contributed by atoms with Gasteiger partial charge in [0, 0.05) is 0 Å². The summed E-state index contributed by atoms with van der Waals surface area (Å²) in [6, 6.07) is -0.0579. The molecule has 0 aromatic carbocycles. The van der Waals surface area contributed by atoms with Gasteiger partial charge in [-0.3, -0.25) is 4.72 Å². The van der Waals surface area contributed by atoms with Crippen LogP contribution >= 0.6 is 23.5 Å². The van der Waals surface area contributed by atoms with Gasteiger partial charge in [-0.05, 0) is 13.3 Å². The first-order valence-electron chi connectivity index (χ1n) is 2.72. The van der Waals surface area contributed by atoms with Gasteiger partial charge in [0.15, 0.2) is 0 Å². The number of alkyl halides is 1. The van der Waals surface area contributed by atoms with Gasteiger partial charge in [0.1, 0.15) is 10.5 Å². The lowest BCUT2D eigenvalue weighted by molar-refractivity contribution is -0.109. The molecule has 2 atom stereocenters. The van der Waals surface area contributed by atoms with Crippen LogP contribution in [0.5, 0.6) is 0 Å². The van der Waals surface area contributed by atoms with Crippen LogP contribution in [-0.4, -0.2) is 16.5 Å². The van der Waals surface area contributed by atoms with E-state index in [-0.39, 0.29) is 10.2 Å². The molecule has 2 nitrogen and oxygen atoms in total. The van der Waals surface area contributed by atoms with Gasteiger partial charge in [-0.25, -0.2) is 0 Å². The third-order valence-electron chi connectivity index (χ3n) is 1.17. The standard InChI is InChI=1S/C5H8ClNOS/c1-5(6)2-4(3-8)7-9-5/h3-4,7H,2H2,1H3. The Bertz CT molecular complexity index is 128. The fourth-order valence-electron chi connectivity index (χ4n) is 0.751. The molecule has 1 saturated heterocycles. The number of carbonyl (C=O) groups excluding carboxylic acids is 1. The first kappa shape index (κ1) is 7.38. The quantitative estimate of drug-likeness (QED) is 0.359. The fraction of sp³-hybridized carbons (Fsp3) is 0.800. The molecule has 0 radical (unpaired) electrons. The fourth-order valence-corrected chi connectivity index (χ4v) is 1.85.